The maximum Gasteiger partial charge on any atom is 0.453 e. The third kappa shape index (κ3) is 2.34. The summed E-state index contributed by atoms with van der Waals surface area (Å²) in [6.07, 6.45) is -2.93. The molecule has 1 N–H and O–H groups in total. The fourth-order valence-corrected chi connectivity index (χ4v) is 4.11. The molecule has 1 atom stereocenters. The van der Waals surface area contributed by atoms with Crippen molar-refractivity contribution < 1.29 is 18.0 Å². The molecular formula is C15H13F3N4OS. The first kappa shape index (κ1) is 15.4. The van der Waals surface area contributed by atoms with E-state index in [2.05, 4.69) is 15.4 Å². The number of anilines is 1. The van der Waals surface area contributed by atoms with Crippen LogP contribution in [0.15, 0.2) is 23.4 Å². The number of ketones is 1. The monoisotopic (exact) mass is 354 g/mol. The van der Waals surface area contributed by atoms with Crippen LogP contribution in [0.3, 0.4) is 0 Å². The Bertz CT molecular complexity index is 864. The molecule has 2 aromatic heterocycles. The summed E-state index contributed by atoms with van der Waals surface area (Å²) in [6, 6.07) is 3.07. The van der Waals surface area contributed by atoms with Gasteiger partial charge in [-0.1, -0.05) is 0 Å². The number of fused-ring (bicyclic) bond motifs is 1. The van der Waals surface area contributed by atoms with Gasteiger partial charge in [-0.05, 0) is 31.9 Å². The van der Waals surface area contributed by atoms with E-state index in [9.17, 15) is 18.0 Å². The molecule has 0 radical (unpaired) electrons. The number of alkyl halides is 3. The van der Waals surface area contributed by atoms with Gasteiger partial charge < -0.3 is 5.32 Å². The summed E-state index contributed by atoms with van der Waals surface area (Å²) < 4.78 is 40.2. The van der Waals surface area contributed by atoms with Crippen molar-refractivity contribution in [2.45, 2.75) is 38.4 Å². The fraction of sp³-hybridized carbons (Fsp3) is 0.400. The Labute approximate surface area is 139 Å². The van der Waals surface area contributed by atoms with E-state index in [1.165, 1.54) is 16.0 Å². The second kappa shape index (κ2) is 5.17. The molecule has 0 saturated heterocycles. The van der Waals surface area contributed by atoms with E-state index in [4.69, 9.17) is 0 Å². The van der Waals surface area contributed by atoms with Gasteiger partial charge in [0.15, 0.2) is 5.78 Å². The van der Waals surface area contributed by atoms with Gasteiger partial charge in [0.05, 0.1) is 0 Å². The van der Waals surface area contributed by atoms with Crippen molar-refractivity contribution in [1.29, 1.82) is 0 Å². The van der Waals surface area contributed by atoms with Gasteiger partial charge in [0.25, 0.3) is 5.82 Å². The Morgan fingerprint density at radius 1 is 1.33 bits per heavy atom. The highest BCUT2D eigenvalue weighted by Gasteiger charge is 2.42. The van der Waals surface area contributed by atoms with Crippen LogP contribution in [0.25, 0.3) is 0 Å². The Hall–Kier alpha value is -2.16. The summed E-state index contributed by atoms with van der Waals surface area (Å²) in [5.41, 5.74) is 1.17. The van der Waals surface area contributed by atoms with Crippen LogP contribution < -0.4 is 5.32 Å². The summed E-state index contributed by atoms with van der Waals surface area (Å²) in [6.45, 7) is 1.91. The van der Waals surface area contributed by atoms with Gasteiger partial charge in [0.1, 0.15) is 6.04 Å². The predicted octanol–water partition coefficient (Wildman–Crippen LogP) is 3.69. The number of allylic oxidation sites excluding steroid dienone is 2. The lowest BCUT2D eigenvalue weighted by molar-refractivity contribution is -0.145. The van der Waals surface area contributed by atoms with Gasteiger partial charge in [-0.3, -0.25) is 4.79 Å². The van der Waals surface area contributed by atoms with Crippen molar-refractivity contribution in [3.63, 3.8) is 0 Å². The van der Waals surface area contributed by atoms with E-state index >= 15 is 0 Å². The molecule has 5 nitrogen and oxygen atoms in total. The Balaban J connectivity index is 1.91. The van der Waals surface area contributed by atoms with Crippen molar-refractivity contribution >= 4 is 23.1 Å². The molecule has 2 aliphatic rings. The molecule has 4 rings (SSSR count). The number of aryl methyl sites for hydroxylation is 1. The van der Waals surface area contributed by atoms with Crippen LogP contribution in [0.4, 0.5) is 19.1 Å². The van der Waals surface area contributed by atoms with Crippen LogP contribution in [0.2, 0.25) is 0 Å². The molecule has 0 spiro atoms. The first-order chi connectivity index (χ1) is 11.3. The van der Waals surface area contributed by atoms with Crippen molar-refractivity contribution in [3.05, 3.63) is 39.0 Å². The molecule has 9 heteroatoms. The molecule has 0 fully saturated rings. The molecule has 1 unspecified atom stereocenters. The number of nitrogens with zero attached hydrogens (tertiary/aromatic N) is 3. The molecule has 1 aliphatic carbocycles. The van der Waals surface area contributed by atoms with Crippen LogP contribution >= 0.6 is 11.3 Å². The van der Waals surface area contributed by atoms with Crippen LogP contribution in [-0.4, -0.2) is 20.5 Å². The second-order valence-electron chi connectivity index (χ2n) is 5.85. The maximum atomic E-state index is 13.0. The summed E-state index contributed by atoms with van der Waals surface area (Å²) in [7, 11) is 0. The quantitative estimate of drug-likeness (QED) is 0.849. The number of nitrogens with one attached hydrogen (secondary N) is 1. The lowest BCUT2D eigenvalue weighted by Gasteiger charge is -2.31. The van der Waals surface area contributed by atoms with E-state index in [0.717, 1.165) is 9.75 Å². The molecule has 126 valence electrons. The molecule has 0 bridgehead atoms. The van der Waals surface area contributed by atoms with Crippen LogP contribution in [0.1, 0.15) is 40.9 Å². The van der Waals surface area contributed by atoms with Crippen LogP contribution in [-0.2, 0) is 11.0 Å². The molecule has 1 aliphatic heterocycles. The third-order valence-corrected chi connectivity index (χ3v) is 5.21. The van der Waals surface area contributed by atoms with E-state index in [-0.39, 0.29) is 11.7 Å². The Morgan fingerprint density at radius 3 is 2.79 bits per heavy atom. The first-order valence-corrected chi connectivity index (χ1v) is 8.29. The first-order valence-electron chi connectivity index (χ1n) is 7.48. The van der Waals surface area contributed by atoms with Gasteiger partial charge in [-0.15, -0.1) is 16.4 Å². The maximum absolute atomic E-state index is 13.0. The number of Topliss-reactive ketones (excluding diaryl/α,β-unsaturated/α-hetero) is 1. The number of carbonyl (C=O) groups is 1. The molecule has 24 heavy (non-hydrogen) atoms. The number of carbonyl (C=O) groups excluding carboxylic acids is 1. The molecule has 3 heterocycles. The van der Waals surface area contributed by atoms with Crippen LogP contribution in [0, 0.1) is 6.92 Å². The number of halogens is 3. The van der Waals surface area contributed by atoms with Crippen molar-refractivity contribution in [2.75, 3.05) is 5.32 Å². The SMILES string of the molecule is Cc1ccc(C2C3=C(CCCC3=O)Nc3nc(C(F)(F)F)nn32)s1. The number of thiophene rings is 1. The molecule has 0 amide bonds. The van der Waals surface area contributed by atoms with Crippen molar-refractivity contribution in [3.8, 4) is 0 Å². The zero-order chi connectivity index (χ0) is 17.1. The van der Waals surface area contributed by atoms with E-state index in [1.54, 1.807) is 0 Å². The van der Waals surface area contributed by atoms with Crippen molar-refractivity contribution in [1.82, 2.24) is 14.8 Å². The van der Waals surface area contributed by atoms with E-state index < -0.39 is 18.0 Å². The smallest absolute Gasteiger partial charge is 0.328 e. The highest BCUT2D eigenvalue weighted by Crippen LogP contribution is 2.42. The van der Waals surface area contributed by atoms with Gasteiger partial charge in [0.2, 0.25) is 5.95 Å². The Morgan fingerprint density at radius 2 is 2.12 bits per heavy atom. The van der Waals surface area contributed by atoms with Crippen LogP contribution in [0.5, 0.6) is 0 Å². The number of rotatable bonds is 1. The normalized spacial score (nSPS) is 20.7. The Kier molecular flexibility index (Phi) is 3.31. The van der Waals surface area contributed by atoms with E-state index in [0.29, 0.717) is 30.5 Å². The molecular weight excluding hydrogens is 341 g/mol. The molecule has 2 aromatic rings. The topological polar surface area (TPSA) is 59.8 Å². The zero-order valence-corrected chi connectivity index (χ0v) is 13.5. The molecule has 0 saturated carbocycles. The average molecular weight is 354 g/mol. The summed E-state index contributed by atoms with van der Waals surface area (Å²) in [5.74, 6) is -1.21. The number of aromatic nitrogens is 3. The minimum Gasteiger partial charge on any atom is -0.328 e. The lowest BCUT2D eigenvalue weighted by atomic mass is 9.88. The molecule has 0 aromatic carbocycles. The van der Waals surface area contributed by atoms with Crippen molar-refractivity contribution in [2.24, 2.45) is 0 Å². The predicted molar refractivity (Wildman–Crippen MR) is 81.7 cm³/mol. The van der Waals surface area contributed by atoms with Gasteiger partial charge >= 0.3 is 6.18 Å². The van der Waals surface area contributed by atoms with Gasteiger partial charge in [0, 0.05) is 27.4 Å². The lowest BCUT2D eigenvalue weighted by Crippen LogP contribution is -2.31. The van der Waals surface area contributed by atoms with Gasteiger partial charge in [-0.25, -0.2) is 4.68 Å². The second-order valence-corrected chi connectivity index (χ2v) is 7.17. The summed E-state index contributed by atoms with van der Waals surface area (Å²) >= 11 is 1.45. The largest absolute Gasteiger partial charge is 0.453 e. The number of hydrogen-bond donors (Lipinski definition) is 1. The summed E-state index contributed by atoms with van der Waals surface area (Å²) in [5, 5.41) is 6.53. The highest BCUT2D eigenvalue weighted by molar-refractivity contribution is 7.12. The minimum absolute atomic E-state index is 0.0341. The standard InChI is InChI=1S/C15H13F3N4OS/c1-7-5-6-10(24-7)12-11-8(3-2-4-9(11)23)19-14-20-13(15(16,17)18)21-22(12)14/h5-6,12H,2-4H2,1H3,(H,19,20,21). The minimum atomic E-state index is -4.63. The average Bonchev–Trinajstić information content (AvgIpc) is 3.11. The summed E-state index contributed by atoms with van der Waals surface area (Å²) in [4.78, 5) is 17.9. The number of hydrogen-bond acceptors (Lipinski definition) is 5. The third-order valence-electron chi connectivity index (χ3n) is 4.15. The van der Waals surface area contributed by atoms with Gasteiger partial charge in [-0.2, -0.15) is 18.2 Å². The fourth-order valence-electron chi connectivity index (χ4n) is 3.14. The highest BCUT2D eigenvalue weighted by atomic mass is 32.1. The van der Waals surface area contributed by atoms with E-state index in [1.807, 2.05) is 19.1 Å². The zero-order valence-electron chi connectivity index (χ0n) is 12.6.